The van der Waals surface area contributed by atoms with Crippen molar-refractivity contribution in [1.82, 2.24) is 4.90 Å². The van der Waals surface area contributed by atoms with E-state index >= 15 is 0 Å². The van der Waals surface area contributed by atoms with Gasteiger partial charge in [-0.15, -0.1) is 0 Å². The Kier molecular flexibility index (Phi) is 5.11. The number of likely N-dealkylation sites (tertiary alicyclic amines) is 1. The molecule has 120 valence electrons. The van der Waals surface area contributed by atoms with Crippen LogP contribution in [0.5, 0.6) is 0 Å². The lowest BCUT2D eigenvalue weighted by molar-refractivity contribution is -0.134. The molecule has 4 heteroatoms. The van der Waals surface area contributed by atoms with Gasteiger partial charge in [-0.1, -0.05) is 43.2 Å². The molecule has 0 aromatic heterocycles. The lowest BCUT2D eigenvalue weighted by Gasteiger charge is -2.37. The smallest absolute Gasteiger partial charge is 0.225 e. The van der Waals surface area contributed by atoms with Gasteiger partial charge in [0, 0.05) is 6.54 Å². The first-order chi connectivity index (χ1) is 10.7. The summed E-state index contributed by atoms with van der Waals surface area (Å²) in [5.74, 6) is 0.0797. The number of hydrogen-bond acceptors (Lipinski definition) is 3. The van der Waals surface area contributed by atoms with E-state index in [9.17, 15) is 9.90 Å². The number of ether oxygens (including phenoxy) is 1. The minimum Gasteiger partial charge on any atom is -0.391 e. The summed E-state index contributed by atoms with van der Waals surface area (Å²) in [7, 11) is 0. The highest BCUT2D eigenvalue weighted by Crippen LogP contribution is 2.29. The van der Waals surface area contributed by atoms with Crippen LogP contribution in [0.2, 0.25) is 0 Å². The van der Waals surface area contributed by atoms with Crippen molar-refractivity contribution in [1.29, 1.82) is 0 Å². The van der Waals surface area contributed by atoms with Gasteiger partial charge in [0.05, 0.1) is 31.3 Å². The maximum atomic E-state index is 12.0. The lowest BCUT2D eigenvalue weighted by Crippen LogP contribution is -2.47. The predicted octanol–water partition coefficient (Wildman–Crippen LogP) is 2.15. The van der Waals surface area contributed by atoms with Crippen molar-refractivity contribution < 1.29 is 14.6 Å². The van der Waals surface area contributed by atoms with Crippen LogP contribution in [-0.2, 0) is 16.0 Å². The van der Waals surface area contributed by atoms with E-state index < -0.39 is 6.10 Å². The Morgan fingerprint density at radius 1 is 1.18 bits per heavy atom. The molecular formula is C18H25NO3. The van der Waals surface area contributed by atoms with Crippen molar-refractivity contribution >= 4 is 5.91 Å². The molecule has 1 aromatic rings. The normalized spacial score (nSPS) is 29.0. The zero-order chi connectivity index (χ0) is 15.4. The Balaban J connectivity index is 1.55. The van der Waals surface area contributed by atoms with Gasteiger partial charge in [0.25, 0.3) is 0 Å². The zero-order valence-electron chi connectivity index (χ0n) is 13.0. The molecule has 3 atom stereocenters. The molecule has 22 heavy (non-hydrogen) atoms. The number of nitrogens with zero attached hydrogens (tertiary/aromatic N) is 1. The van der Waals surface area contributed by atoms with Crippen LogP contribution in [0.4, 0.5) is 0 Å². The summed E-state index contributed by atoms with van der Waals surface area (Å²) in [6.45, 7) is 1.16. The van der Waals surface area contributed by atoms with Crippen molar-refractivity contribution in [2.75, 3.05) is 13.2 Å². The molecule has 2 aliphatic rings. The monoisotopic (exact) mass is 303 g/mol. The first-order valence-corrected chi connectivity index (χ1v) is 8.37. The van der Waals surface area contributed by atoms with Crippen LogP contribution >= 0.6 is 0 Å². The van der Waals surface area contributed by atoms with E-state index in [1.165, 1.54) is 5.56 Å². The largest absolute Gasteiger partial charge is 0.391 e. The molecule has 1 unspecified atom stereocenters. The molecule has 1 heterocycles. The number of amides is 1. The number of benzene rings is 1. The van der Waals surface area contributed by atoms with Gasteiger partial charge < -0.3 is 14.7 Å². The summed E-state index contributed by atoms with van der Waals surface area (Å²) >= 11 is 0. The summed E-state index contributed by atoms with van der Waals surface area (Å²) in [6.07, 6.45) is 5.10. The van der Waals surface area contributed by atoms with Gasteiger partial charge in [-0.25, -0.2) is 0 Å². The fourth-order valence-corrected chi connectivity index (χ4v) is 3.63. The van der Waals surface area contributed by atoms with Crippen LogP contribution < -0.4 is 0 Å². The quantitative estimate of drug-likeness (QED) is 0.907. The molecule has 2 fully saturated rings. The first-order valence-electron chi connectivity index (χ1n) is 8.37. The number of carbonyl (C=O) groups is 1. The Hall–Kier alpha value is -1.39. The second-order valence-corrected chi connectivity index (χ2v) is 6.40. The standard InChI is InChI=1S/C18H25NO3/c20-15-12-18(21)19(13-15)16-8-4-5-9-17(16)22-11-10-14-6-2-1-3-7-14/h1-3,6-7,15-17,20H,4-5,8-13H2/t15-,16?,17+/m0/s1. The van der Waals surface area contributed by atoms with Crippen LogP contribution in [0.1, 0.15) is 37.7 Å². The molecule has 1 saturated heterocycles. The van der Waals surface area contributed by atoms with Crippen LogP contribution in [0, 0.1) is 0 Å². The molecule has 3 rings (SSSR count). The highest BCUT2D eigenvalue weighted by molar-refractivity contribution is 5.79. The van der Waals surface area contributed by atoms with Gasteiger partial charge in [0.2, 0.25) is 5.91 Å². The highest BCUT2D eigenvalue weighted by atomic mass is 16.5. The predicted molar refractivity (Wildman–Crippen MR) is 84.5 cm³/mol. The van der Waals surface area contributed by atoms with E-state index in [1.807, 2.05) is 23.1 Å². The number of hydrogen-bond donors (Lipinski definition) is 1. The molecule has 0 radical (unpaired) electrons. The summed E-state index contributed by atoms with van der Waals surface area (Å²) < 4.78 is 6.12. The number of rotatable bonds is 5. The zero-order valence-corrected chi connectivity index (χ0v) is 13.0. The fourth-order valence-electron chi connectivity index (χ4n) is 3.63. The Morgan fingerprint density at radius 2 is 1.95 bits per heavy atom. The van der Waals surface area contributed by atoms with E-state index in [2.05, 4.69) is 12.1 Å². The highest BCUT2D eigenvalue weighted by Gasteiger charge is 2.38. The third-order valence-electron chi connectivity index (χ3n) is 4.77. The van der Waals surface area contributed by atoms with Crippen molar-refractivity contribution in [2.24, 2.45) is 0 Å². The van der Waals surface area contributed by atoms with Crippen molar-refractivity contribution in [3.63, 3.8) is 0 Å². The summed E-state index contributed by atoms with van der Waals surface area (Å²) in [5.41, 5.74) is 1.28. The Labute approximate surface area is 132 Å². The molecular weight excluding hydrogens is 278 g/mol. The third-order valence-corrected chi connectivity index (χ3v) is 4.77. The minimum absolute atomic E-state index is 0.0797. The van der Waals surface area contributed by atoms with Gasteiger partial charge in [-0.3, -0.25) is 4.79 Å². The molecule has 1 N–H and O–H groups in total. The van der Waals surface area contributed by atoms with Crippen LogP contribution in [0.25, 0.3) is 0 Å². The Morgan fingerprint density at radius 3 is 2.68 bits per heavy atom. The summed E-state index contributed by atoms with van der Waals surface area (Å²) in [6, 6.07) is 10.5. The average molecular weight is 303 g/mol. The van der Waals surface area contributed by atoms with Crippen LogP contribution in [-0.4, -0.2) is 47.3 Å². The maximum Gasteiger partial charge on any atom is 0.225 e. The van der Waals surface area contributed by atoms with Crippen LogP contribution in [0.3, 0.4) is 0 Å². The summed E-state index contributed by atoms with van der Waals surface area (Å²) in [4.78, 5) is 13.9. The second kappa shape index (κ2) is 7.25. The molecule has 1 aromatic carbocycles. The second-order valence-electron chi connectivity index (χ2n) is 6.40. The number of aliphatic hydroxyl groups excluding tert-OH is 1. The van der Waals surface area contributed by atoms with E-state index in [4.69, 9.17) is 4.74 Å². The topological polar surface area (TPSA) is 49.8 Å². The minimum atomic E-state index is -0.501. The fraction of sp³-hybridized carbons (Fsp3) is 0.611. The molecule has 4 nitrogen and oxygen atoms in total. The van der Waals surface area contributed by atoms with Gasteiger partial charge >= 0.3 is 0 Å². The average Bonchev–Trinajstić information content (AvgIpc) is 2.87. The van der Waals surface area contributed by atoms with Gasteiger partial charge in [0.1, 0.15) is 0 Å². The number of carbonyl (C=O) groups excluding carboxylic acids is 1. The lowest BCUT2D eigenvalue weighted by atomic mass is 9.91. The van der Waals surface area contributed by atoms with E-state index in [-0.39, 0.29) is 24.5 Å². The van der Waals surface area contributed by atoms with E-state index in [1.54, 1.807) is 0 Å². The third kappa shape index (κ3) is 3.68. The molecule has 1 aliphatic carbocycles. The number of β-amino-alcohol motifs (C(OH)–C–C–N with tert-alkyl or cyclic N) is 1. The molecule has 1 aliphatic heterocycles. The molecule has 0 bridgehead atoms. The van der Waals surface area contributed by atoms with Gasteiger partial charge in [0.15, 0.2) is 0 Å². The van der Waals surface area contributed by atoms with Crippen molar-refractivity contribution in [3.8, 4) is 0 Å². The van der Waals surface area contributed by atoms with Gasteiger partial charge in [-0.2, -0.15) is 0 Å². The SMILES string of the molecule is O=C1C[C@H](O)CN1C1CCCC[C@H]1OCCc1ccccc1. The van der Waals surface area contributed by atoms with Crippen molar-refractivity contribution in [3.05, 3.63) is 35.9 Å². The van der Waals surface area contributed by atoms with Crippen molar-refractivity contribution in [2.45, 2.75) is 56.8 Å². The van der Waals surface area contributed by atoms with Gasteiger partial charge in [-0.05, 0) is 24.8 Å². The first kappa shape index (κ1) is 15.5. The Bertz CT molecular complexity index is 490. The molecule has 1 saturated carbocycles. The molecule has 0 spiro atoms. The van der Waals surface area contributed by atoms with E-state index in [0.29, 0.717) is 13.2 Å². The maximum absolute atomic E-state index is 12.0. The summed E-state index contributed by atoms with van der Waals surface area (Å²) in [5, 5.41) is 9.71. The van der Waals surface area contributed by atoms with Crippen LogP contribution in [0.15, 0.2) is 30.3 Å². The van der Waals surface area contributed by atoms with E-state index in [0.717, 1.165) is 32.1 Å². The number of aliphatic hydroxyl groups is 1. The molecule has 1 amide bonds.